The Balaban J connectivity index is 1.29. The predicted octanol–water partition coefficient (Wildman–Crippen LogP) is 2.87. The molecule has 4 rings (SSSR count). The Labute approximate surface area is 184 Å². The lowest BCUT2D eigenvalue weighted by Gasteiger charge is -2.33. The average Bonchev–Trinajstić information content (AvgIpc) is 3.27. The Bertz CT molecular complexity index is 1040. The van der Waals surface area contributed by atoms with E-state index in [9.17, 15) is 9.59 Å². The van der Waals surface area contributed by atoms with Crippen LogP contribution >= 0.6 is 11.3 Å². The van der Waals surface area contributed by atoms with Gasteiger partial charge in [-0.1, -0.05) is 0 Å². The number of carbonyl (C=O) groups excluding carboxylic acids is 2. The molecule has 0 saturated carbocycles. The minimum absolute atomic E-state index is 0.128. The van der Waals surface area contributed by atoms with E-state index in [0.29, 0.717) is 22.3 Å². The predicted molar refractivity (Wildman–Crippen MR) is 122 cm³/mol. The maximum Gasteiger partial charge on any atom is 0.251 e. The number of amides is 2. The summed E-state index contributed by atoms with van der Waals surface area (Å²) >= 11 is 1.40. The second kappa shape index (κ2) is 9.57. The summed E-state index contributed by atoms with van der Waals surface area (Å²) in [6.07, 6.45) is 5.77. The van der Waals surface area contributed by atoms with Gasteiger partial charge in [0.15, 0.2) is 5.13 Å². The van der Waals surface area contributed by atoms with Gasteiger partial charge in [0.1, 0.15) is 0 Å². The van der Waals surface area contributed by atoms with E-state index < -0.39 is 0 Å². The molecule has 1 saturated heterocycles. The van der Waals surface area contributed by atoms with E-state index in [-0.39, 0.29) is 18.4 Å². The van der Waals surface area contributed by atoms with Gasteiger partial charge < -0.3 is 21.3 Å². The molecule has 0 aliphatic carbocycles. The first kappa shape index (κ1) is 20.8. The molecule has 2 aromatic heterocycles. The van der Waals surface area contributed by atoms with Crippen molar-refractivity contribution in [1.29, 1.82) is 0 Å². The smallest absolute Gasteiger partial charge is 0.251 e. The van der Waals surface area contributed by atoms with Crippen LogP contribution in [0.1, 0.15) is 34.8 Å². The molecular formula is C22H24N6O2S. The number of pyridine rings is 1. The average molecular weight is 437 g/mol. The molecular weight excluding hydrogens is 412 g/mol. The number of aromatic nitrogens is 2. The van der Waals surface area contributed by atoms with E-state index in [1.54, 1.807) is 36.7 Å². The number of nitrogens with zero attached hydrogens (tertiary/aromatic N) is 3. The lowest BCUT2D eigenvalue weighted by atomic mass is 9.95. The molecule has 0 spiro atoms. The highest BCUT2D eigenvalue weighted by atomic mass is 32.1. The van der Waals surface area contributed by atoms with Gasteiger partial charge in [-0.15, -0.1) is 11.3 Å². The summed E-state index contributed by atoms with van der Waals surface area (Å²) in [5.41, 5.74) is 8.81. The van der Waals surface area contributed by atoms with E-state index in [2.05, 4.69) is 25.5 Å². The third kappa shape index (κ3) is 5.37. The molecule has 1 aliphatic rings. The van der Waals surface area contributed by atoms with Crippen LogP contribution in [0.25, 0.3) is 0 Å². The van der Waals surface area contributed by atoms with Crippen LogP contribution in [0.4, 0.5) is 16.5 Å². The normalized spacial score (nSPS) is 16.0. The van der Waals surface area contributed by atoms with Crippen LogP contribution in [-0.4, -0.2) is 41.4 Å². The first-order valence-electron chi connectivity index (χ1n) is 10.1. The van der Waals surface area contributed by atoms with Gasteiger partial charge in [-0.05, 0) is 49.2 Å². The van der Waals surface area contributed by atoms with Crippen LogP contribution in [0, 0.1) is 0 Å². The van der Waals surface area contributed by atoms with Crippen molar-refractivity contribution >= 4 is 39.7 Å². The van der Waals surface area contributed by atoms with Gasteiger partial charge in [-0.25, -0.2) is 4.98 Å². The second-order valence-electron chi connectivity index (χ2n) is 7.42. The van der Waals surface area contributed by atoms with Crippen molar-refractivity contribution in [2.45, 2.75) is 18.8 Å². The third-order valence-corrected chi connectivity index (χ3v) is 5.99. The zero-order valence-corrected chi connectivity index (χ0v) is 17.8. The maximum atomic E-state index is 12.2. The van der Waals surface area contributed by atoms with Crippen LogP contribution in [0.2, 0.25) is 0 Å². The number of benzene rings is 1. The van der Waals surface area contributed by atoms with Gasteiger partial charge in [0.2, 0.25) is 5.91 Å². The number of nitrogens with two attached hydrogens (primary N) is 1. The molecule has 0 bridgehead atoms. The van der Waals surface area contributed by atoms with Crippen molar-refractivity contribution in [2.24, 2.45) is 0 Å². The van der Waals surface area contributed by atoms with Gasteiger partial charge >= 0.3 is 0 Å². The highest BCUT2D eigenvalue weighted by Crippen LogP contribution is 2.31. The molecule has 1 fully saturated rings. The molecule has 1 aliphatic heterocycles. The number of nitrogen functional groups attached to an aromatic ring is 1. The fourth-order valence-corrected chi connectivity index (χ4v) is 4.41. The van der Waals surface area contributed by atoms with Crippen molar-refractivity contribution in [1.82, 2.24) is 15.3 Å². The number of piperidine rings is 1. The monoisotopic (exact) mass is 436 g/mol. The minimum Gasteiger partial charge on any atom is -0.399 e. The van der Waals surface area contributed by atoms with Gasteiger partial charge in [0.25, 0.3) is 5.91 Å². The van der Waals surface area contributed by atoms with E-state index >= 15 is 0 Å². The number of anilines is 3. The molecule has 3 heterocycles. The van der Waals surface area contributed by atoms with Crippen LogP contribution in [0.15, 0.2) is 54.2 Å². The second-order valence-corrected chi connectivity index (χ2v) is 8.28. The minimum atomic E-state index is -0.326. The Hall–Kier alpha value is -3.46. The Morgan fingerprint density at radius 2 is 1.94 bits per heavy atom. The first-order valence-corrected chi connectivity index (χ1v) is 11.0. The zero-order valence-electron chi connectivity index (χ0n) is 17.0. The Morgan fingerprint density at radius 3 is 2.71 bits per heavy atom. The number of nitrogens with one attached hydrogen (secondary N) is 2. The SMILES string of the molecule is Nc1ccc(C(=O)NCC(=O)Nc2nc(C3CCCN(c4ccncc4)C3)cs2)cc1. The topological polar surface area (TPSA) is 113 Å². The molecule has 0 radical (unpaired) electrons. The maximum absolute atomic E-state index is 12.2. The standard InChI is InChI=1S/C22H24N6O2S/c23-17-5-3-15(4-6-17)21(30)25-12-20(29)27-22-26-19(14-31-22)16-2-1-11-28(13-16)18-7-9-24-10-8-18/h3-10,14,16H,1-2,11-13,23H2,(H,25,30)(H,26,27,29). The van der Waals surface area contributed by atoms with Crippen molar-refractivity contribution in [3.63, 3.8) is 0 Å². The van der Waals surface area contributed by atoms with Crippen LogP contribution in [0.5, 0.6) is 0 Å². The molecule has 4 N–H and O–H groups in total. The van der Waals surface area contributed by atoms with Crippen molar-refractivity contribution in [2.75, 3.05) is 35.6 Å². The molecule has 1 aromatic carbocycles. The van der Waals surface area contributed by atoms with Crippen LogP contribution in [-0.2, 0) is 4.79 Å². The number of hydrogen-bond acceptors (Lipinski definition) is 7. The lowest BCUT2D eigenvalue weighted by molar-refractivity contribution is -0.115. The van der Waals surface area contributed by atoms with E-state index in [4.69, 9.17) is 5.73 Å². The summed E-state index contributed by atoms with van der Waals surface area (Å²) in [5.74, 6) is -0.325. The van der Waals surface area contributed by atoms with Crippen LogP contribution in [0.3, 0.4) is 0 Å². The summed E-state index contributed by atoms with van der Waals surface area (Å²) in [7, 11) is 0. The Morgan fingerprint density at radius 1 is 1.16 bits per heavy atom. The van der Waals surface area contributed by atoms with Gasteiger partial charge in [0, 0.05) is 53.7 Å². The highest BCUT2D eigenvalue weighted by Gasteiger charge is 2.24. The highest BCUT2D eigenvalue weighted by molar-refractivity contribution is 7.13. The van der Waals surface area contributed by atoms with E-state index in [1.165, 1.54) is 17.0 Å². The molecule has 9 heteroatoms. The van der Waals surface area contributed by atoms with Crippen molar-refractivity contribution in [3.8, 4) is 0 Å². The van der Waals surface area contributed by atoms with Gasteiger partial charge in [-0.3, -0.25) is 14.6 Å². The van der Waals surface area contributed by atoms with Crippen LogP contribution < -0.4 is 21.3 Å². The summed E-state index contributed by atoms with van der Waals surface area (Å²) in [5, 5.41) is 7.93. The third-order valence-electron chi connectivity index (χ3n) is 5.22. The quantitative estimate of drug-likeness (QED) is 0.512. The number of hydrogen-bond donors (Lipinski definition) is 3. The first-order chi connectivity index (χ1) is 15.1. The molecule has 31 heavy (non-hydrogen) atoms. The van der Waals surface area contributed by atoms with Crippen molar-refractivity contribution in [3.05, 3.63) is 65.4 Å². The molecule has 2 amide bonds. The largest absolute Gasteiger partial charge is 0.399 e. The van der Waals surface area contributed by atoms with E-state index in [1.807, 2.05) is 17.5 Å². The summed E-state index contributed by atoms with van der Waals surface area (Å²) in [6.45, 7) is 1.78. The van der Waals surface area contributed by atoms with Gasteiger partial charge in [0.05, 0.1) is 12.2 Å². The summed E-state index contributed by atoms with van der Waals surface area (Å²) in [6, 6.07) is 10.6. The fourth-order valence-electron chi connectivity index (χ4n) is 3.60. The number of thiazole rings is 1. The molecule has 8 nitrogen and oxygen atoms in total. The zero-order chi connectivity index (χ0) is 21.6. The molecule has 3 aromatic rings. The summed E-state index contributed by atoms with van der Waals surface area (Å²) in [4.78, 5) is 35.4. The fraction of sp³-hybridized carbons (Fsp3) is 0.273. The number of rotatable bonds is 6. The molecule has 1 unspecified atom stereocenters. The number of carbonyl (C=O) groups is 2. The molecule has 1 atom stereocenters. The molecule has 160 valence electrons. The Kier molecular flexibility index (Phi) is 6.42. The lowest BCUT2D eigenvalue weighted by Crippen LogP contribution is -2.34. The van der Waals surface area contributed by atoms with Crippen molar-refractivity contribution < 1.29 is 9.59 Å². The van der Waals surface area contributed by atoms with E-state index in [0.717, 1.165) is 31.6 Å². The summed E-state index contributed by atoms with van der Waals surface area (Å²) < 4.78 is 0. The van der Waals surface area contributed by atoms with Gasteiger partial charge in [-0.2, -0.15) is 0 Å².